The van der Waals surface area contributed by atoms with Crippen molar-refractivity contribution in [1.82, 2.24) is 10.2 Å². The van der Waals surface area contributed by atoms with Crippen molar-refractivity contribution < 1.29 is 9.59 Å². The van der Waals surface area contributed by atoms with Crippen LogP contribution in [0.25, 0.3) is 0 Å². The highest BCUT2D eigenvalue weighted by Crippen LogP contribution is 2.25. The summed E-state index contributed by atoms with van der Waals surface area (Å²) in [5.74, 6) is 0.564. The van der Waals surface area contributed by atoms with Crippen LogP contribution in [0.1, 0.15) is 37.8 Å². The molecule has 0 radical (unpaired) electrons. The Bertz CT molecular complexity index is 895. The van der Waals surface area contributed by atoms with E-state index in [1.165, 1.54) is 11.8 Å². The molecule has 1 atom stereocenters. The predicted molar refractivity (Wildman–Crippen MR) is 132 cm³/mol. The zero-order chi connectivity index (χ0) is 22.8. The standard InChI is InChI=1S/C23H27Cl3N2O2S/c1-3-11-27-23(30)21(4-2)28(13-16-9-10-18(24)12-20(16)26)22(29)15-31-14-17-7-5-6-8-19(17)25/h5-10,12,21H,3-4,11,13-15H2,1-2H3,(H,27,30). The monoisotopic (exact) mass is 500 g/mol. The van der Waals surface area contributed by atoms with Crippen molar-refractivity contribution in [2.45, 2.75) is 45.0 Å². The van der Waals surface area contributed by atoms with Crippen LogP contribution < -0.4 is 5.32 Å². The number of hydrogen-bond acceptors (Lipinski definition) is 3. The van der Waals surface area contributed by atoms with Crippen molar-refractivity contribution in [3.8, 4) is 0 Å². The molecule has 0 saturated carbocycles. The summed E-state index contributed by atoms with van der Waals surface area (Å²) in [7, 11) is 0. The highest BCUT2D eigenvalue weighted by Gasteiger charge is 2.28. The molecule has 0 aromatic heterocycles. The van der Waals surface area contributed by atoms with Gasteiger partial charge in [-0.25, -0.2) is 0 Å². The Hall–Kier alpha value is -1.40. The minimum absolute atomic E-state index is 0.124. The van der Waals surface area contributed by atoms with E-state index in [0.717, 1.165) is 17.5 Å². The van der Waals surface area contributed by atoms with Crippen LogP contribution >= 0.6 is 46.6 Å². The molecule has 0 spiro atoms. The molecule has 2 rings (SSSR count). The van der Waals surface area contributed by atoms with Crippen LogP contribution in [0.3, 0.4) is 0 Å². The first-order chi connectivity index (χ1) is 14.9. The zero-order valence-corrected chi connectivity index (χ0v) is 20.8. The van der Waals surface area contributed by atoms with Gasteiger partial charge in [0.1, 0.15) is 6.04 Å². The van der Waals surface area contributed by atoms with Crippen LogP contribution in [-0.2, 0) is 21.9 Å². The average molecular weight is 502 g/mol. The first-order valence-electron chi connectivity index (χ1n) is 10.2. The maximum Gasteiger partial charge on any atom is 0.242 e. The van der Waals surface area contributed by atoms with Crippen LogP contribution in [0.2, 0.25) is 15.1 Å². The molecule has 0 fully saturated rings. The molecular formula is C23H27Cl3N2O2S. The van der Waals surface area contributed by atoms with Gasteiger partial charge in [0.25, 0.3) is 0 Å². The van der Waals surface area contributed by atoms with Gasteiger partial charge in [0.15, 0.2) is 0 Å². The molecule has 1 unspecified atom stereocenters. The molecule has 8 heteroatoms. The smallest absolute Gasteiger partial charge is 0.242 e. The van der Waals surface area contributed by atoms with Gasteiger partial charge in [-0.2, -0.15) is 0 Å². The molecule has 0 aliphatic carbocycles. The summed E-state index contributed by atoms with van der Waals surface area (Å²) in [6.07, 6.45) is 1.33. The molecule has 2 aromatic rings. The normalized spacial score (nSPS) is 11.8. The van der Waals surface area contributed by atoms with Gasteiger partial charge in [-0.05, 0) is 42.2 Å². The van der Waals surface area contributed by atoms with Crippen molar-refractivity contribution >= 4 is 58.4 Å². The number of amides is 2. The number of nitrogens with zero attached hydrogens (tertiary/aromatic N) is 1. The number of nitrogens with one attached hydrogen (secondary N) is 1. The van der Waals surface area contributed by atoms with Crippen molar-refractivity contribution in [2.75, 3.05) is 12.3 Å². The first kappa shape index (κ1) is 25.9. The van der Waals surface area contributed by atoms with Crippen molar-refractivity contribution in [1.29, 1.82) is 0 Å². The van der Waals surface area contributed by atoms with E-state index in [4.69, 9.17) is 34.8 Å². The maximum atomic E-state index is 13.2. The van der Waals surface area contributed by atoms with Crippen LogP contribution in [0.5, 0.6) is 0 Å². The highest BCUT2D eigenvalue weighted by atomic mass is 35.5. The second-order valence-corrected chi connectivity index (χ2v) is 9.29. The summed E-state index contributed by atoms with van der Waals surface area (Å²) in [6.45, 7) is 4.69. The summed E-state index contributed by atoms with van der Waals surface area (Å²) in [4.78, 5) is 27.6. The predicted octanol–water partition coefficient (Wildman–Crippen LogP) is 6.21. The highest BCUT2D eigenvalue weighted by molar-refractivity contribution is 7.99. The largest absolute Gasteiger partial charge is 0.354 e. The fourth-order valence-corrected chi connectivity index (χ4v) is 4.73. The number of rotatable bonds is 11. The van der Waals surface area contributed by atoms with E-state index in [0.29, 0.717) is 33.8 Å². The number of carbonyl (C=O) groups is 2. The van der Waals surface area contributed by atoms with Crippen LogP contribution in [-0.4, -0.2) is 35.1 Å². The van der Waals surface area contributed by atoms with E-state index in [2.05, 4.69) is 5.32 Å². The Balaban J connectivity index is 2.17. The zero-order valence-electron chi connectivity index (χ0n) is 17.7. The molecule has 0 aliphatic heterocycles. The van der Waals surface area contributed by atoms with Gasteiger partial charge in [-0.15, -0.1) is 11.8 Å². The SMILES string of the molecule is CCCNC(=O)C(CC)N(Cc1ccc(Cl)cc1Cl)C(=O)CSCc1ccccc1Cl. The van der Waals surface area contributed by atoms with Gasteiger partial charge in [-0.1, -0.05) is 72.9 Å². The van der Waals surface area contributed by atoms with E-state index in [-0.39, 0.29) is 24.1 Å². The van der Waals surface area contributed by atoms with Crippen LogP contribution in [0.4, 0.5) is 0 Å². The molecule has 2 aromatic carbocycles. The number of hydrogen-bond donors (Lipinski definition) is 1. The molecule has 2 amide bonds. The molecular weight excluding hydrogens is 475 g/mol. The lowest BCUT2D eigenvalue weighted by Gasteiger charge is -2.31. The van der Waals surface area contributed by atoms with Gasteiger partial charge in [0.05, 0.1) is 5.75 Å². The topological polar surface area (TPSA) is 49.4 Å². The first-order valence-corrected chi connectivity index (χ1v) is 12.5. The summed E-state index contributed by atoms with van der Waals surface area (Å²) >= 11 is 20.0. The van der Waals surface area contributed by atoms with Gasteiger partial charge < -0.3 is 10.2 Å². The van der Waals surface area contributed by atoms with E-state index in [1.807, 2.05) is 38.1 Å². The summed E-state index contributed by atoms with van der Waals surface area (Å²) in [5.41, 5.74) is 1.72. The third-order valence-electron chi connectivity index (χ3n) is 4.73. The summed E-state index contributed by atoms with van der Waals surface area (Å²) in [5, 5.41) is 4.58. The van der Waals surface area contributed by atoms with Gasteiger partial charge in [0.2, 0.25) is 11.8 Å². The Morgan fingerprint density at radius 1 is 1.03 bits per heavy atom. The number of thioether (sulfide) groups is 1. The van der Waals surface area contributed by atoms with Gasteiger partial charge in [-0.3, -0.25) is 9.59 Å². The second kappa shape index (κ2) is 13.2. The Morgan fingerprint density at radius 2 is 1.77 bits per heavy atom. The lowest BCUT2D eigenvalue weighted by atomic mass is 10.1. The fraction of sp³-hybridized carbons (Fsp3) is 0.391. The van der Waals surface area contributed by atoms with E-state index >= 15 is 0 Å². The lowest BCUT2D eigenvalue weighted by Crippen LogP contribution is -2.49. The third kappa shape index (κ3) is 7.90. The van der Waals surface area contributed by atoms with E-state index < -0.39 is 6.04 Å². The fourth-order valence-electron chi connectivity index (χ4n) is 3.07. The summed E-state index contributed by atoms with van der Waals surface area (Å²) in [6, 6.07) is 12.2. The van der Waals surface area contributed by atoms with E-state index in [9.17, 15) is 9.59 Å². The van der Waals surface area contributed by atoms with Crippen molar-refractivity contribution in [3.63, 3.8) is 0 Å². The van der Waals surface area contributed by atoms with Crippen LogP contribution in [0.15, 0.2) is 42.5 Å². The van der Waals surface area contributed by atoms with Crippen LogP contribution in [0, 0.1) is 0 Å². The van der Waals surface area contributed by atoms with Gasteiger partial charge in [0, 0.05) is 33.9 Å². The molecule has 1 N–H and O–H groups in total. The number of halogens is 3. The molecule has 0 aliphatic rings. The van der Waals surface area contributed by atoms with E-state index in [1.54, 1.807) is 23.1 Å². The molecule has 0 heterocycles. The average Bonchev–Trinajstić information content (AvgIpc) is 2.74. The van der Waals surface area contributed by atoms with Crippen molar-refractivity contribution in [3.05, 3.63) is 68.7 Å². The number of carbonyl (C=O) groups excluding carboxylic acids is 2. The molecule has 168 valence electrons. The Kier molecular flexibility index (Phi) is 11.0. The molecule has 4 nitrogen and oxygen atoms in total. The Labute approximate surface area is 203 Å². The second-order valence-electron chi connectivity index (χ2n) is 7.06. The maximum absolute atomic E-state index is 13.2. The quantitative estimate of drug-likeness (QED) is 0.398. The minimum atomic E-state index is -0.577. The third-order valence-corrected chi connectivity index (χ3v) is 6.65. The summed E-state index contributed by atoms with van der Waals surface area (Å²) < 4.78 is 0. The molecule has 0 bridgehead atoms. The molecule has 0 saturated heterocycles. The number of benzene rings is 2. The Morgan fingerprint density at radius 3 is 2.42 bits per heavy atom. The minimum Gasteiger partial charge on any atom is -0.354 e. The van der Waals surface area contributed by atoms with Gasteiger partial charge >= 0.3 is 0 Å². The lowest BCUT2D eigenvalue weighted by molar-refractivity contribution is -0.139. The van der Waals surface area contributed by atoms with Crippen molar-refractivity contribution in [2.24, 2.45) is 0 Å². The molecule has 31 heavy (non-hydrogen) atoms.